The highest BCUT2D eigenvalue weighted by Crippen LogP contribution is 2.22. The first-order valence-electron chi connectivity index (χ1n) is 4.58. The summed E-state index contributed by atoms with van der Waals surface area (Å²) in [6.07, 6.45) is 1.62. The Bertz CT molecular complexity index is 294. The molecule has 0 radical (unpaired) electrons. The van der Waals surface area contributed by atoms with E-state index in [0.717, 1.165) is 0 Å². The third-order valence-corrected chi connectivity index (χ3v) is 1.99. The van der Waals surface area contributed by atoms with E-state index >= 15 is 0 Å². The second-order valence-electron chi connectivity index (χ2n) is 4.63. The van der Waals surface area contributed by atoms with Gasteiger partial charge < -0.3 is 0 Å². The van der Waals surface area contributed by atoms with Crippen molar-refractivity contribution in [3.8, 4) is 0 Å². The van der Waals surface area contributed by atoms with Gasteiger partial charge in [-0.2, -0.15) is 9.49 Å². The molecular weight excluding hydrogens is 167 g/mol. The van der Waals surface area contributed by atoms with E-state index in [1.54, 1.807) is 6.20 Å². The van der Waals surface area contributed by atoms with Crippen LogP contribution in [0.4, 0.5) is 4.39 Å². The first kappa shape index (κ1) is 10.2. The summed E-state index contributed by atoms with van der Waals surface area (Å²) in [6, 6.07) is 0. The number of rotatable bonds is 1. The molecule has 0 aliphatic carbocycles. The fraction of sp³-hybridized carbons (Fsp3) is 0.700. The molecular formula is C10H17FN2. The molecule has 0 saturated heterocycles. The molecule has 74 valence electrons. The zero-order chi connectivity index (χ0) is 10.2. The molecule has 0 fully saturated rings. The van der Waals surface area contributed by atoms with Gasteiger partial charge in [-0.05, 0) is 26.7 Å². The maximum atomic E-state index is 13.7. The zero-order valence-electron chi connectivity index (χ0n) is 8.93. The standard InChI is InChI=1S/C10H17FN2/c1-7(2)8-6-12-13(9(8)11)10(3,4)5/h6-7H,1-5H3. The largest absolute Gasteiger partial charge is 0.234 e. The molecule has 0 spiro atoms. The van der Waals surface area contributed by atoms with Crippen LogP contribution in [-0.4, -0.2) is 9.78 Å². The molecule has 0 aromatic carbocycles. The van der Waals surface area contributed by atoms with Gasteiger partial charge in [0.2, 0.25) is 5.95 Å². The highest BCUT2D eigenvalue weighted by atomic mass is 19.1. The van der Waals surface area contributed by atoms with Gasteiger partial charge in [0, 0.05) is 5.56 Å². The van der Waals surface area contributed by atoms with Crippen LogP contribution in [0.5, 0.6) is 0 Å². The Labute approximate surface area is 78.8 Å². The van der Waals surface area contributed by atoms with Crippen LogP contribution in [0.15, 0.2) is 6.20 Å². The number of nitrogens with zero attached hydrogens (tertiary/aromatic N) is 2. The highest BCUT2D eigenvalue weighted by Gasteiger charge is 2.21. The van der Waals surface area contributed by atoms with Crippen LogP contribution in [0.3, 0.4) is 0 Å². The average molecular weight is 184 g/mol. The molecule has 0 N–H and O–H groups in total. The highest BCUT2D eigenvalue weighted by molar-refractivity contribution is 5.12. The van der Waals surface area contributed by atoms with Gasteiger partial charge in [-0.25, -0.2) is 4.68 Å². The van der Waals surface area contributed by atoms with E-state index in [0.29, 0.717) is 5.56 Å². The van der Waals surface area contributed by atoms with Gasteiger partial charge >= 0.3 is 0 Å². The Balaban J connectivity index is 3.14. The van der Waals surface area contributed by atoms with Gasteiger partial charge in [0.05, 0.1) is 11.7 Å². The lowest BCUT2D eigenvalue weighted by molar-refractivity contribution is 0.297. The fourth-order valence-corrected chi connectivity index (χ4v) is 1.20. The minimum absolute atomic E-state index is 0.191. The first-order valence-corrected chi connectivity index (χ1v) is 4.58. The van der Waals surface area contributed by atoms with Crippen molar-refractivity contribution in [2.45, 2.75) is 46.1 Å². The lowest BCUT2D eigenvalue weighted by Crippen LogP contribution is -2.25. The lowest BCUT2D eigenvalue weighted by atomic mass is 10.1. The van der Waals surface area contributed by atoms with Crippen LogP contribution >= 0.6 is 0 Å². The maximum Gasteiger partial charge on any atom is 0.215 e. The van der Waals surface area contributed by atoms with Crippen molar-refractivity contribution in [1.82, 2.24) is 9.78 Å². The van der Waals surface area contributed by atoms with E-state index in [2.05, 4.69) is 5.10 Å². The summed E-state index contributed by atoms with van der Waals surface area (Å²) in [6.45, 7) is 9.74. The normalized spacial score (nSPS) is 12.5. The molecule has 1 heterocycles. The smallest absolute Gasteiger partial charge is 0.215 e. The maximum absolute atomic E-state index is 13.7. The van der Waals surface area contributed by atoms with Crippen LogP contribution in [0.1, 0.15) is 46.1 Å². The summed E-state index contributed by atoms with van der Waals surface area (Å²) in [4.78, 5) is 0. The van der Waals surface area contributed by atoms with Gasteiger partial charge in [0.25, 0.3) is 0 Å². The Hall–Kier alpha value is -0.860. The van der Waals surface area contributed by atoms with Gasteiger partial charge in [-0.15, -0.1) is 0 Å². The van der Waals surface area contributed by atoms with Crippen molar-refractivity contribution in [3.05, 3.63) is 17.7 Å². The molecule has 0 amide bonds. The summed E-state index contributed by atoms with van der Waals surface area (Å²) in [7, 11) is 0. The molecule has 1 rings (SSSR count). The number of hydrogen-bond donors (Lipinski definition) is 0. The summed E-state index contributed by atoms with van der Waals surface area (Å²) < 4.78 is 15.1. The van der Waals surface area contributed by atoms with Crippen molar-refractivity contribution in [2.75, 3.05) is 0 Å². The van der Waals surface area contributed by atoms with Crippen LogP contribution < -0.4 is 0 Å². The molecule has 0 atom stereocenters. The molecule has 13 heavy (non-hydrogen) atoms. The molecule has 0 unspecified atom stereocenters. The van der Waals surface area contributed by atoms with E-state index < -0.39 is 0 Å². The molecule has 0 aliphatic rings. The Kier molecular flexibility index (Phi) is 2.46. The van der Waals surface area contributed by atoms with E-state index in [4.69, 9.17) is 0 Å². The van der Waals surface area contributed by atoms with Crippen molar-refractivity contribution in [2.24, 2.45) is 0 Å². The second kappa shape index (κ2) is 3.13. The Morgan fingerprint density at radius 3 is 2.15 bits per heavy atom. The van der Waals surface area contributed by atoms with Crippen molar-refractivity contribution in [3.63, 3.8) is 0 Å². The number of aromatic nitrogens is 2. The minimum Gasteiger partial charge on any atom is -0.234 e. The quantitative estimate of drug-likeness (QED) is 0.656. The van der Waals surface area contributed by atoms with Crippen molar-refractivity contribution >= 4 is 0 Å². The second-order valence-corrected chi connectivity index (χ2v) is 4.63. The molecule has 3 heteroatoms. The zero-order valence-corrected chi connectivity index (χ0v) is 8.93. The van der Waals surface area contributed by atoms with Gasteiger partial charge in [-0.1, -0.05) is 13.8 Å². The molecule has 0 saturated carbocycles. The first-order chi connectivity index (χ1) is 5.84. The SMILES string of the molecule is CC(C)c1cnn(C(C)(C)C)c1F. The number of hydrogen-bond acceptors (Lipinski definition) is 1. The lowest BCUT2D eigenvalue weighted by Gasteiger charge is -2.19. The van der Waals surface area contributed by atoms with Crippen LogP contribution in [0.25, 0.3) is 0 Å². The average Bonchev–Trinajstić information content (AvgIpc) is 2.28. The molecule has 2 nitrogen and oxygen atoms in total. The molecule has 0 bridgehead atoms. The third kappa shape index (κ3) is 1.90. The van der Waals surface area contributed by atoms with Gasteiger partial charge in [-0.3, -0.25) is 0 Å². The van der Waals surface area contributed by atoms with Crippen LogP contribution in [0, 0.1) is 5.95 Å². The summed E-state index contributed by atoms with van der Waals surface area (Å²) in [5.74, 6) is -0.0152. The Morgan fingerprint density at radius 2 is 1.92 bits per heavy atom. The van der Waals surface area contributed by atoms with Crippen molar-refractivity contribution in [1.29, 1.82) is 0 Å². The molecule has 1 aromatic heterocycles. The van der Waals surface area contributed by atoms with Crippen molar-refractivity contribution < 1.29 is 4.39 Å². The number of halogens is 1. The summed E-state index contributed by atoms with van der Waals surface area (Å²) in [5, 5.41) is 4.05. The predicted molar refractivity (Wildman–Crippen MR) is 51.3 cm³/mol. The summed E-state index contributed by atoms with van der Waals surface area (Å²) in [5.41, 5.74) is 0.409. The van der Waals surface area contributed by atoms with E-state index in [1.807, 2.05) is 34.6 Å². The monoisotopic (exact) mass is 184 g/mol. The third-order valence-electron chi connectivity index (χ3n) is 1.99. The van der Waals surface area contributed by atoms with Gasteiger partial charge in [0.15, 0.2) is 0 Å². The molecule has 0 aliphatic heterocycles. The molecule has 1 aromatic rings. The Morgan fingerprint density at radius 1 is 1.38 bits per heavy atom. The van der Waals surface area contributed by atoms with Crippen LogP contribution in [-0.2, 0) is 5.54 Å². The summed E-state index contributed by atoms with van der Waals surface area (Å²) >= 11 is 0. The predicted octanol–water partition coefficient (Wildman–Crippen LogP) is 2.90. The van der Waals surface area contributed by atoms with E-state index in [9.17, 15) is 4.39 Å². The topological polar surface area (TPSA) is 17.8 Å². The van der Waals surface area contributed by atoms with E-state index in [1.165, 1.54) is 4.68 Å². The minimum atomic E-state index is -0.281. The van der Waals surface area contributed by atoms with Crippen LogP contribution in [0.2, 0.25) is 0 Å². The fourth-order valence-electron chi connectivity index (χ4n) is 1.20. The van der Waals surface area contributed by atoms with Gasteiger partial charge in [0.1, 0.15) is 0 Å². The van der Waals surface area contributed by atoms with E-state index in [-0.39, 0.29) is 17.4 Å².